The standard InChI is InChI=1S/C18H15N3O4S/c1-25-14-7-10(4-5-13(14)21-18(23)24)12-9-26-16-11(3-2-6-22)8-20-17(19)15(12)16/h2-9,21H,1H3,(H2,19,20)(H,23,24). The van der Waals surface area contributed by atoms with Gasteiger partial charge >= 0.3 is 6.09 Å². The van der Waals surface area contributed by atoms with Gasteiger partial charge in [-0.05, 0) is 35.2 Å². The number of hydrogen-bond acceptors (Lipinski definition) is 6. The van der Waals surface area contributed by atoms with Crippen molar-refractivity contribution in [1.82, 2.24) is 4.98 Å². The molecule has 1 aromatic carbocycles. The molecule has 26 heavy (non-hydrogen) atoms. The zero-order valence-corrected chi connectivity index (χ0v) is 14.5. The van der Waals surface area contributed by atoms with Crippen LogP contribution in [0.1, 0.15) is 5.56 Å². The van der Waals surface area contributed by atoms with Crippen molar-refractivity contribution in [1.29, 1.82) is 0 Å². The van der Waals surface area contributed by atoms with Crippen molar-refractivity contribution < 1.29 is 19.4 Å². The molecule has 3 rings (SSSR count). The predicted molar refractivity (Wildman–Crippen MR) is 103 cm³/mol. The smallest absolute Gasteiger partial charge is 0.409 e. The minimum absolute atomic E-state index is 0.351. The summed E-state index contributed by atoms with van der Waals surface area (Å²) < 4.78 is 6.20. The number of methoxy groups -OCH3 is 1. The Bertz CT molecular complexity index is 1030. The second kappa shape index (κ2) is 7.24. The van der Waals surface area contributed by atoms with Crippen molar-refractivity contribution in [2.75, 3.05) is 18.2 Å². The SMILES string of the molecule is COc1cc(-c2csc3c(C=CC=O)cnc(N)c23)ccc1NC(=O)O. The van der Waals surface area contributed by atoms with Crippen molar-refractivity contribution in [2.24, 2.45) is 0 Å². The molecule has 0 radical (unpaired) electrons. The van der Waals surface area contributed by atoms with E-state index in [0.29, 0.717) is 23.5 Å². The van der Waals surface area contributed by atoms with Gasteiger partial charge in [0.15, 0.2) is 0 Å². The lowest BCUT2D eigenvalue weighted by Gasteiger charge is -2.10. The molecule has 132 valence electrons. The maximum atomic E-state index is 10.9. The van der Waals surface area contributed by atoms with Crippen LogP contribution in [0.15, 0.2) is 35.9 Å². The first-order valence-electron chi connectivity index (χ1n) is 7.51. The molecular formula is C18H15N3O4S. The number of carboxylic acid groups (broad SMARTS) is 1. The molecule has 0 bridgehead atoms. The van der Waals surface area contributed by atoms with E-state index in [1.807, 2.05) is 5.38 Å². The molecule has 3 aromatic rings. The van der Waals surface area contributed by atoms with Gasteiger partial charge in [-0.1, -0.05) is 6.07 Å². The Labute approximate surface area is 152 Å². The highest BCUT2D eigenvalue weighted by atomic mass is 32.1. The maximum absolute atomic E-state index is 10.9. The third-order valence-corrected chi connectivity index (χ3v) is 4.79. The number of nitrogens with two attached hydrogens (primary N) is 1. The molecule has 4 N–H and O–H groups in total. The summed E-state index contributed by atoms with van der Waals surface area (Å²) in [6.45, 7) is 0. The molecule has 0 saturated carbocycles. The highest BCUT2D eigenvalue weighted by Crippen LogP contribution is 2.40. The lowest BCUT2D eigenvalue weighted by Crippen LogP contribution is -2.08. The van der Waals surface area contributed by atoms with Crippen molar-refractivity contribution in [3.63, 3.8) is 0 Å². The zero-order valence-electron chi connectivity index (χ0n) is 13.7. The van der Waals surface area contributed by atoms with Gasteiger partial charge in [0.05, 0.1) is 12.8 Å². The summed E-state index contributed by atoms with van der Waals surface area (Å²) in [5.74, 6) is 0.777. The number of nitrogen functional groups attached to an aromatic ring is 1. The molecule has 0 spiro atoms. The lowest BCUT2D eigenvalue weighted by molar-refractivity contribution is -0.104. The molecule has 0 atom stereocenters. The van der Waals surface area contributed by atoms with Crippen molar-refractivity contribution >= 4 is 51.4 Å². The molecule has 7 nitrogen and oxygen atoms in total. The third kappa shape index (κ3) is 3.22. The highest BCUT2D eigenvalue weighted by molar-refractivity contribution is 7.18. The van der Waals surface area contributed by atoms with Crippen molar-refractivity contribution in [3.05, 3.63) is 41.4 Å². The van der Waals surface area contributed by atoms with E-state index in [4.69, 9.17) is 15.6 Å². The van der Waals surface area contributed by atoms with E-state index < -0.39 is 6.09 Å². The number of ether oxygens (including phenoxy) is 1. The van der Waals surface area contributed by atoms with Gasteiger partial charge in [-0.3, -0.25) is 10.1 Å². The van der Waals surface area contributed by atoms with Crippen LogP contribution in [0.3, 0.4) is 0 Å². The third-order valence-electron chi connectivity index (χ3n) is 3.76. The summed E-state index contributed by atoms with van der Waals surface area (Å²) in [7, 11) is 1.47. The monoisotopic (exact) mass is 369 g/mol. The second-order valence-corrected chi connectivity index (χ2v) is 6.17. The number of hydrogen-bond donors (Lipinski definition) is 3. The van der Waals surface area contributed by atoms with Crippen molar-refractivity contribution in [2.45, 2.75) is 0 Å². The number of fused-ring (bicyclic) bond motifs is 1. The van der Waals surface area contributed by atoms with Gasteiger partial charge in [0.2, 0.25) is 0 Å². The molecular weight excluding hydrogens is 354 g/mol. The van der Waals surface area contributed by atoms with Crippen LogP contribution in [-0.2, 0) is 4.79 Å². The highest BCUT2D eigenvalue weighted by Gasteiger charge is 2.15. The number of pyridine rings is 1. The lowest BCUT2D eigenvalue weighted by atomic mass is 10.0. The summed E-state index contributed by atoms with van der Waals surface area (Å²) in [5.41, 5.74) is 8.91. The maximum Gasteiger partial charge on any atom is 0.409 e. The molecule has 8 heteroatoms. The number of carbonyl (C=O) groups is 2. The number of nitrogens with zero attached hydrogens (tertiary/aromatic N) is 1. The quantitative estimate of drug-likeness (QED) is 0.465. The second-order valence-electron chi connectivity index (χ2n) is 5.29. The van der Waals surface area contributed by atoms with E-state index >= 15 is 0 Å². The number of carbonyl (C=O) groups excluding carboxylic acids is 1. The minimum Gasteiger partial charge on any atom is -0.495 e. The number of allylic oxidation sites excluding steroid dienone is 1. The van der Waals surface area contributed by atoms with Gasteiger partial charge < -0.3 is 15.6 Å². The van der Waals surface area contributed by atoms with Crippen LogP contribution in [-0.4, -0.2) is 29.6 Å². The van der Waals surface area contributed by atoms with Gasteiger partial charge in [-0.15, -0.1) is 11.3 Å². The molecule has 0 fully saturated rings. The first-order valence-corrected chi connectivity index (χ1v) is 8.39. The Morgan fingerprint density at radius 1 is 1.42 bits per heavy atom. The molecule has 0 aliphatic heterocycles. The number of anilines is 2. The molecule has 0 aliphatic rings. The molecule has 1 amide bonds. The summed E-state index contributed by atoms with van der Waals surface area (Å²) in [6, 6.07) is 5.15. The molecule has 2 aromatic heterocycles. The number of rotatable bonds is 5. The van der Waals surface area contributed by atoms with Gasteiger partial charge in [-0.2, -0.15) is 0 Å². The van der Waals surface area contributed by atoms with E-state index in [-0.39, 0.29) is 0 Å². The number of aromatic nitrogens is 1. The normalized spacial score (nSPS) is 11.0. The van der Waals surface area contributed by atoms with Crippen LogP contribution in [0, 0.1) is 0 Å². The summed E-state index contributed by atoms with van der Waals surface area (Å²) >= 11 is 1.49. The molecule has 0 saturated heterocycles. The fraction of sp³-hybridized carbons (Fsp3) is 0.0556. The van der Waals surface area contributed by atoms with Gasteiger partial charge in [0, 0.05) is 27.4 Å². The number of amides is 1. The van der Waals surface area contributed by atoms with Crippen LogP contribution in [0.2, 0.25) is 0 Å². The van der Waals surface area contributed by atoms with Crippen LogP contribution >= 0.6 is 11.3 Å². The number of benzene rings is 1. The molecule has 0 unspecified atom stereocenters. The summed E-state index contributed by atoms with van der Waals surface area (Å²) in [4.78, 5) is 25.7. The fourth-order valence-corrected chi connectivity index (χ4v) is 3.72. The predicted octanol–water partition coefficient (Wildman–Crippen LogP) is 3.86. The Balaban J connectivity index is 2.15. The van der Waals surface area contributed by atoms with Gasteiger partial charge in [0.1, 0.15) is 17.9 Å². The van der Waals surface area contributed by atoms with Gasteiger partial charge in [0.25, 0.3) is 0 Å². The topological polar surface area (TPSA) is 115 Å². The Morgan fingerprint density at radius 2 is 2.23 bits per heavy atom. The zero-order chi connectivity index (χ0) is 18.7. The largest absolute Gasteiger partial charge is 0.495 e. The van der Waals surface area contributed by atoms with Crippen LogP contribution in [0.5, 0.6) is 5.75 Å². The average molecular weight is 369 g/mol. The van der Waals surface area contributed by atoms with Crippen molar-refractivity contribution in [3.8, 4) is 16.9 Å². The fourth-order valence-electron chi connectivity index (χ4n) is 2.64. The Hall–Kier alpha value is -3.39. The van der Waals surface area contributed by atoms with E-state index in [0.717, 1.165) is 26.8 Å². The molecule has 2 heterocycles. The average Bonchev–Trinajstić information content (AvgIpc) is 3.07. The van der Waals surface area contributed by atoms with Gasteiger partial charge in [-0.25, -0.2) is 9.78 Å². The summed E-state index contributed by atoms with van der Waals surface area (Å²) in [6.07, 6.45) is 4.25. The van der Waals surface area contributed by atoms with Crippen LogP contribution < -0.4 is 15.8 Å². The van der Waals surface area contributed by atoms with Crippen LogP contribution in [0.4, 0.5) is 16.3 Å². The Morgan fingerprint density at radius 3 is 2.92 bits per heavy atom. The number of aldehydes is 1. The summed E-state index contributed by atoms with van der Waals surface area (Å²) in [5, 5.41) is 13.9. The number of thiophene rings is 1. The minimum atomic E-state index is -1.17. The van der Waals surface area contributed by atoms with E-state index in [1.54, 1.807) is 30.5 Å². The number of nitrogens with one attached hydrogen (secondary N) is 1. The first kappa shape index (κ1) is 17.4. The van der Waals surface area contributed by atoms with E-state index in [2.05, 4.69) is 10.3 Å². The van der Waals surface area contributed by atoms with E-state index in [1.165, 1.54) is 24.5 Å². The molecule has 0 aliphatic carbocycles. The van der Waals surface area contributed by atoms with Crippen LogP contribution in [0.25, 0.3) is 27.3 Å². The Kier molecular flexibility index (Phi) is 4.85. The first-order chi connectivity index (χ1) is 12.5. The van der Waals surface area contributed by atoms with E-state index in [9.17, 15) is 9.59 Å².